The minimum atomic E-state index is -1.13. The van der Waals surface area contributed by atoms with Crippen LogP contribution in [0.15, 0.2) is 18.2 Å². The number of phenols is 1. The third kappa shape index (κ3) is 10.1. The Labute approximate surface area is 213 Å². The Morgan fingerprint density at radius 2 is 1.94 bits per heavy atom. The van der Waals surface area contributed by atoms with Crippen molar-refractivity contribution in [2.45, 2.75) is 78.0 Å². The number of hydrogen-bond acceptors (Lipinski definition) is 6. The SMILES string of the molecule is C#CN(C(=O)C(CCSC)NC(=O)OC(C)(C)C)C(C(=O)NCCCCC)c1ccc(O)c(C)c1. The smallest absolute Gasteiger partial charge is 0.408 e. The number of aromatic hydroxyl groups is 1. The summed E-state index contributed by atoms with van der Waals surface area (Å²) in [5.74, 6) is -0.374. The molecule has 0 aliphatic carbocycles. The molecule has 1 aromatic rings. The number of nitrogens with zero attached hydrogens (tertiary/aromatic N) is 1. The standard InChI is InChI=1S/C26H39N3O5S/c1-8-10-11-15-27-23(31)22(19-12-13-21(30)18(3)17-19)29(9-2)24(32)20(14-16-35-7)28-25(33)34-26(4,5)6/h2,12-13,17,20,22,30H,8,10-11,14-16H2,1,3-7H3,(H,27,31)(H,28,33). The number of carbonyl (C=O) groups excluding carboxylic acids is 3. The number of carbonyl (C=O) groups is 3. The third-order valence-electron chi connectivity index (χ3n) is 5.10. The number of alkyl carbamates (subject to hydrolysis) is 1. The van der Waals surface area contributed by atoms with Crippen LogP contribution in [0, 0.1) is 19.4 Å². The molecule has 2 unspecified atom stereocenters. The Kier molecular flexibility index (Phi) is 12.5. The van der Waals surface area contributed by atoms with Crippen molar-refractivity contribution in [2.24, 2.45) is 0 Å². The maximum atomic E-state index is 13.6. The summed E-state index contributed by atoms with van der Waals surface area (Å²) in [4.78, 5) is 40.3. The molecule has 0 spiro atoms. The van der Waals surface area contributed by atoms with Crippen LogP contribution < -0.4 is 10.6 Å². The molecular weight excluding hydrogens is 466 g/mol. The predicted molar refractivity (Wildman–Crippen MR) is 140 cm³/mol. The fourth-order valence-corrected chi connectivity index (χ4v) is 3.80. The average Bonchev–Trinajstić information content (AvgIpc) is 2.78. The largest absolute Gasteiger partial charge is 0.508 e. The molecule has 9 heteroatoms. The number of phenolic OH excluding ortho intramolecular Hbond substituents is 1. The van der Waals surface area contributed by atoms with E-state index in [-0.39, 0.29) is 5.75 Å². The fraction of sp³-hybridized carbons (Fsp3) is 0.577. The molecule has 0 heterocycles. The lowest BCUT2D eigenvalue weighted by Crippen LogP contribution is -2.51. The monoisotopic (exact) mass is 505 g/mol. The van der Waals surface area contributed by atoms with Crippen molar-refractivity contribution in [1.29, 1.82) is 0 Å². The number of amides is 3. The molecule has 0 aliphatic heterocycles. The van der Waals surface area contributed by atoms with Crippen molar-refractivity contribution in [3.05, 3.63) is 29.3 Å². The van der Waals surface area contributed by atoms with Crippen molar-refractivity contribution in [3.63, 3.8) is 0 Å². The van der Waals surface area contributed by atoms with Crippen LogP contribution in [-0.2, 0) is 14.3 Å². The van der Waals surface area contributed by atoms with Crippen LogP contribution in [-0.4, -0.2) is 58.1 Å². The first-order valence-corrected chi connectivity index (χ1v) is 13.2. The molecule has 35 heavy (non-hydrogen) atoms. The molecule has 0 saturated carbocycles. The van der Waals surface area contributed by atoms with E-state index in [2.05, 4.69) is 23.6 Å². The van der Waals surface area contributed by atoms with Gasteiger partial charge in [0.2, 0.25) is 5.91 Å². The molecule has 0 bridgehead atoms. The number of terminal acetylenes is 1. The molecule has 3 amide bonds. The number of rotatable bonds is 12. The predicted octanol–water partition coefficient (Wildman–Crippen LogP) is 4.11. The number of nitrogens with one attached hydrogen (secondary N) is 2. The quantitative estimate of drug-likeness (QED) is 0.224. The van der Waals surface area contributed by atoms with Gasteiger partial charge in [-0.25, -0.2) is 4.79 Å². The van der Waals surface area contributed by atoms with Gasteiger partial charge in [0.15, 0.2) is 0 Å². The summed E-state index contributed by atoms with van der Waals surface area (Å²) in [7, 11) is 0. The van der Waals surface area contributed by atoms with Gasteiger partial charge in [0.05, 0.1) is 0 Å². The van der Waals surface area contributed by atoms with Crippen molar-refractivity contribution in [2.75, 3.05) is 18.6 Å². The molecule has 0 aromatic heterocycles. The zero-order valence-electron chi connectivity index (χ0n) is 21.6. The van der Waals surface area contributed by atoms with Gasteiger partial charge >= 0.3 is 6.09 Å². The third-order valence-corrected chi connectivity index (χ3v) is 5.74. The van der Waals surface area contributed by atoms with Gasteiger partial charge in [0.1, 0.15) is 23.4 Å². The van der Waals surface area contributed by atoms with Gasteiger partial charge in [0, 0.05) is 12.6 Å². The highest BCUT2D eigenvalue weighted by Gasteiger charge is 2.35. The van der Waals surface area contributed by atoms with Crippen molar-refractivity contribution in [3.8, 4) is 18.2 Å². The van der Waals surface area contributed by atoms with Gasteiger partial charge in [-0.15, -0.1) is 0 Å². The molecule has 0 aliphatic rings. The molecule has 8 nitrogen and oxygen atoms in total. The summed E-state index contributed by atoms with van der Waals surface area (Å²) in [6.45, 7) is 9.39. The number of aryl methyl sites for hydroxylation is 1. The minimum absolute atomic E-state index is 0.0684. The van der Waals surface area contributed by atoms with Crippen molar-refractivity contribution < 1.29 is 24.2 Å². The molecule has 2 atom stereocenters. The van der Waals surface area contributed by atoms with Gasteiger partial charge in [-0.1, -0.05) is 32.3 Å². The van der Waals surface area contributed by atoms with E-state index in [1.54, 1.807) is 39.8 Å². The molecule has 3 N–H and O–H groups in total. The van der Waals surface area contributed by atoms with E-state index in [1.165, 1.54) is 17.8 Å². The Morgan fingerprint density at radius 1 is 1.26 bits per heavy atom. The summed E-state index contributed by atoms with van der Waals surface area (Å²) >= 11 is 1.52. The summed E-state index contributed by atoms with van der Waals surface area (Å²) < 4.78 is 5.32. The molecule has 1 aromatic carbocycles. The normalized spacial score (nSPS) is 12.7. The Bertz CT molecular complexity index is 907. The molecule has 0 fully saturated rings. The van der Waals surface area contributed by atoms with E-state index in [4.69, 9.17) is 11.2 Å². The summed E-state index contributed by atoms with van der Waals surface area (Å²) in [6.07, 6.45) is 9.97. The fourth-order valence-electron chi connectivity index (χ4n) is 3.33. The van der Waals surface area contributed by atoms with Gasteiger partial charge < -0.3 is 20.5 Å². The van der Waals surface area contributed by atoms with Gasteiger partial charge in [0.25, 0.3) is 5.91 Å². The van der Waals surface area contributed by atoms with Crippen LogP contribution >= 0.6 is 11.8 Å². The maximum absolute atomic E-state index is 13.6. The van der Waals surface area contributed by atoms with Crippen LogP contribution in [0.4, 0.5) is 4.79 Å². The van der Waals surface area contributed by atoms with E-state index in [0.29, 0.717) is 29.8 Å². The molecule has 1 rings (SSSR count). The molecular formula is C26H39N3O5S. The number of benzene rings is 1. The van der Waals surface area contributed by atoms with Crippen LogP contribution in [0.5, 0.6) is 5.75 Å². The highest BCUT2D eigenvalue weighted by atomic mass is 32.2. The number of thioether (sulfide) groups is 1. The van der Waals surface area contributed by atoms with E-state index in [9.17, 15) is 19.5 Å². The maximum Gasteiger partial charge on any atom is 0.408 e. The number of unbranched alkanes of at least 4 members (excludes halogenated alkanes) is 2. The lowest BCUT2D eigenvalue weighted by molar-refractivity contribution is -0.138. The van der Waals surface area contributed by atoms with Crippen LogP contribution in [0.25, 0.3) is 0 Å². The second kappa shape index (κ2) is 14.5. The minimum Gasteiger partial charge on any atom is -0.508 e. The first-order chi connectivity index (χ1) is 16.4. The summed E-state index contributed by atoms with van der Waals surface area (Å²) in [5.41, 5.74) is 0.259. The van der Waals surface area contributed by atoms with Crippen LogP contribution in [0.1, 0.15) is 70.5 Å². The first kappa shape index (κ1) is 30.2. The van der Waals surface area contributed by atoms with Gasteiger partial charge in [-0.05, 0) is 75.8 Å². The van der Waals surface area contributed by atoms with E-state index < -0.39 is 35.6 Å². The summed E-state index contributed by atoms with van der Waals surface area (Å²) in [6, 6.07) is 4.89. The van der Waals surface area contributed by atoms with Crippen molar-refractivity contribution >= 4 is 29.7 Å². The Balaban J connectivity index is 3.31. The van der Waals surface area contributed by atoms with Gasteiger partial charge in [-0.3, -0.25) is 14.5 Å². The molecule has 0 radical (unpaired) electrons. The second-order valence-electron chi connectivity index (χ2n) is 9.26. The lowest BCUT2D eigenvalue weighted by Gasteiger charge is -2.30. The van der Waals surface area contributed by atoms with E-state index in [1.807, 2.05) is 6.26 Å². The van der Waals surface area contributed by atoms with Crippen LogP contribution in [0.2, 0.25) is 0 Å². The second-order valence-corrected chi connectivity index (χ2v) is 10.2. The number of ether oxygens (including phenoxy) is 1. The van der Waals surface area contributed by atoms with E-state index >= 15 is 0 Å². The molecule has 0 saturated heterocycles. The lowest BCUT2D eigenvalue weighted by atomic mass is 10.0. The Morgan fingerprint density at radius 3 is 2.49 bits per heavy atom. The summed E-state index contributed by atoms with van der Waals surface area (Å²) in [5, 5.41) is 15.4. The van der Waals surface area contributed by atoms with Crippen LogP contribution in [0.3, 0.4) is 0 Å². The molecule has 194 valence electrons. The van der Waals surface area contributed by atoms with Gasteiger partial charge in [-0.2, -0.15) is 11.8 Å². The van der Waals surface area contributed by atoms with Crippen molar-refractivity contribution in [1.82, 2.24) is 15.5 Å². The zero-order valence-corrected chi connectivity index (χ0v) is 22.5. The topological polar surface area (TPSA) is 108 Å². The Hall–Kier alpha value is -2.86. The highest BCUT2D eigenvalue weighted by molar-refractivity contribution is 7.98. The zero-order chi connectivity index (χ0) is 26.6. The van der Waals surface area contributed by atoms with E-state index in [0.717, 1.165) is 24.2 Å². The first-order valence-electron chi connectivity index (χ1n) is 11.8. The average molecular weight is 506 g/mol. The highest BCUT2D eigenvalue weighted by Crippen LogP contribution is 2.27. The number of hydrogen-bond donors (Lipinski definition) is 3.